The third kappa shape index (κ3) is 3.17. The summed E-state index contributed by atoms with van der Waals surface area (Å²) in [5, 5.41) is 13.6. The zero-order chi connectivity index (χ0) is 21.2. The van der Waals surface area contributed by atoms with Crippen molar-refractivity contribution in [3.63, 3.8) is 0 Å². The zero-order valence-electron chi connectivity index (χ0n) is 17.6. The Morgan fingerprint density at radius 2 is 2.26 bits per heavy atom. The van der Waals surface area contributed by atoms with Crippen LogP contribution in [0.25, 0.3) is 21.9 Å². The monoisotopic (exact) mass is 415 g/mol. The molecule has 3 fully saturated rings. The van der Waals surface area contributed by atoms with Crippen molar-refractivity contribution in [1.82, 2.24) is 19.9 Å². The largest absolute Gasteiger partial charge is 0.378 e. The van der Waals surface area contributed by atoms with Crippen molar-refractivity contribution in [1.29, 1.82) is 5.26 Å². The van der Waals surface area contributed by atoms with Crippen molar-refractivity contribution in [2.45, 2.75) is 63.6 Å². The Bertz CT molecular complexity index is 1250. The quantitative estimate of drug-likeness (QED) is 0.705. The van der Waals surface area contributed by atoms with Gasteiger partial charge in [0.15, 0.2) is 0 Å². The molecule has 0 radical (unpaired) electrons. The minimum Gasteiger partial charge on any atom is -0.378 e. The molecule has 0 bridgehead atoms. The van der Waals surface area contributed by atoms with E-state index >= 15 is 0 Å². The number of imidazole rings is 1. The first kappa shape index (κ1) is 18.8. The normalized spacial score (nSPS) is 26.1. The predicted molar refractivity (Wildman–Crippen MR) is 115 cm³/mol. The Morgan fingerprint density at radius 3 is 3.00 bits per heavy atom. The third-order valence-corrected chi connectivity index (χ3v) is 7.28. The molecule has 158 valence electrons. The Balaban J connectivity index is 1.45. The SMILES string of the molecule is C[C@@H]1C[C@H](n2c(CC(=O)NC3CC34CC4)nc3cnc4ccc(C#N)cc4c32)CCO1. The number of hydrogen-bond acceptors (Lipinski definition) is 5. The highest BCUT2D eigenvalue weighted by atomic mass is 16.5. The Kier molecular flexibility index (Phi) is 4.09. The molecule has 2 saturated carbocycles. The van der Waals surface area contributed by atoms with Crippen LogP contribution in [0.4, 0.5) is 0 Å². The average molecular weight is 415 g/mol. The van der Waals surface area contributed by atoms with Crippen LogP contribution in [-0.4, -0.2) is 39.2 Å². The first-order chi connectivity index (χ1) is 15.1. The van der Waals surface area contributed by atoms with E-state index in [0.29, 0.717) is 23.6 Å². The van der Waals surface area contributed by atoms with Crippen LogP contribution in [0.5, 0.6) is 0 Å². The number of pyridine rings is 1. The van der Waals surface area contributed by atoms with Crippen LogP contribution in [0.3, 0.4) is 0 Å². The number of nitriles is 1. The highest BCUT2D eigenvalue weighted by Crippen LogP contribution is 2.65. The summed E-state index contributed by atoms with van der Waals surface area (Å²) in [6.07, 6.45) is 7.55. The van der Waals surface area contributed by atoms with Crippen molar-refractivity contribution in [2.24, 2.45) is 5.41 Å². The molecule has 1 amide bonds. The highest BCUT2D eigenvalue weighted by molar-refractivity contribution is 6.03. The number of rotatable bonds is 4. The maximum Gasteiger partial charge on any atom is 0.227 e. The summed E-state index contributed by atoms with van der Waals surface area (Å²) < 4.78 is 8.02. The summed E-state index contributed by atoms with van der Waals surface area (Å²) in [6, 6.07) is 8.33. The van der Waals surface area contributed by atoms with Gasteiger partial charge in [0.2, 0.25) is 5.91 Å². The molecule has 7 heteroatoms. The lowest BCUT2D eigenvalue weighted by molar-refractivity contribution is -0.120. The number of benzene rings is 1. The van der Waals surface area contributed by atoms with Crippen LogP contribution in [0.15, 0.2) is 24.4 Å². The molecule has 3 aliphatic rings. The second-order valence-electron chi connectivity index (χ2n) is 9.46. The lowest BCUT2D eigenvalue weighted by Crippen LogP contribution is -2.31. The van der Waals surface area contributed by atoms with Crippen LogP contribution < -0.4 is 5.32 Å². The van der Waals surface area contributed by atoms with Gasteiger partial charge in [-0.15, -0.1) is 0 Å². The van der Waals surface area contributed by atoms with E-state index in [1.807, 2.05) is 12.1 Å². The minimum absolute atomic E-state index is 0.0421. The fraction of sp³-hybridized carbons (Fsp3) is 0.500. The molecule has 1 saturated heterocycles. The van der Waals surface area contributed by atoms with Crippen molar-refractivity contribution in [3.8, 4) is 6.07 Å². The van der Waals surface area contributed by atoms with Gasteiger partial charge in [-0.05, 0) is 62.6 Å². The first-order valence-corrected chi connectivity index (χ1v) is 11.2. The van der Waals surface area contributed by atoms with Crippen LogP contribution in [0.2, 0.25) is 0 Å². The molecule has 3 heterocycles. The number of nitrogens with one attached hydrogen (secondary N) is 1. The smallest absolute Gasteiger partial charge is 0.227 e. The van der Waals surface area contributed by atoms with E-state index in [9.17, 15) is 10.1 Å². The Labute approximate surface area is 180 Å². The van der Waals surface area contributed by atoms with Gasteiger partial charge in [-0.25, -0.2) is 4.98 Å². The first-order valence-electron chi connectivity index (χ1n) is 11.2. The van der Waals surface area contributed by atoms with E-state index in [1.165, 1.54) is 12.8 Å². The molecule has 1 aliphatic heterocycles. The standard InChI is InChI=1S/C24H25N5O2/c1-14-8-16(4-7-31-14)29-21(10-22(30)28-20-11-24(20)5-6-24)27-19-13-26-18-3-2-15(12-25)9-17(18)23(19)29/h2-3,9,13-14,16,20H,4-8,10-11H2,1H3,(H,28,30)/t14-,16-,20?/m1/s1. The summed E-state index contributed by atoms with van der Waals surface area (Å²) >= 11 is 0. The van der Waals surface area contributed by atoms with E-state index < -0.39 is 0 Å². The summed E-state index contributed by atoms with van der Waals surface area (Å²) in [7, 11) is 0. The van der Waals surface area contributed by atoms with E-state index in [0.717, 1.165) is 47.0 Å². The molecule has 2 aromatic heterocycles. The van der Waals surface area contributed by atoms with Crippen molar-refractivity contribution in [2.75, 3.05) is 6.61 Å². The average Bonchev–Trinajstić information content (AvgIpc) is 3.65. The second kappa shape index (κ2) is 6.76. The molecule has 1 spiro atoms. The number of fused-ring (bicyclic) bond motifs is 3. The molecule has 1 unspecified atom stereocenters. The number of aromatic nitrogens is 3. The van der Waals surface area contributed by atoms with Gasteiger partial charge < -0.3 is 14.6 Å². The maximum absolute atomic E-state index is 12.9. The number of carbonyl (C=O) groups excluding carboxylic acids is 1. The van der Waals surface area contributed by atoms with Crippen LogP contribution in [0.1, 0.15) is 56.5 Å². The van der Waals surface area contributed by atoms with Gasteiger partial charge in [0, 0.05) is 24.1 Å². The van der Waals surface area contributed by atoms with Gasteiger partial charge in [-0.2, -0.15) is 5.26 Å². The van der Waals surface area contributed by atoms with E-state index in [1.54, 1.807) is 12.3 Å². The molecule has 3 atom stereocenters. The number of ether oxygens (including phenoxy) is 1. The third-order valence-electron chi connectivity index (χ3n) is 7.28. The van der Waals surface area contributed by atoms with Gasteiger partial charge in [0.05, 0.1) is 41.4 Å². The van der Waals surface area contributed by atoms with Crippen LogP contribution in [-0.2, 0) is 16.0 Å². The van der Waals surface area contributed by atoms with Gasteiger partial charge in [-0.1, -0.05) is 0 Å². The molecule has 3 aromatic rings. The zero-order valence-corrected chi connectivity index (χ0v) is 17.6. The van der Waals surface area contributed by atoms with E-state index in [4.69, 9.17) is 9.72 Å². The van der Waals surface area contributed by atoms with Crippen LogP contribution in [0, 0.1) is 16.7 Å². The number of amides is 1. The Hall–Kier alpha value is -2.98. The predicted octanol–water partition coefficient (Wildman–Crippen LogP) is 3.41. The fourth-order valence-corrected chi connectivity index (χ4v) is 5.28. The van der Waals surface area contributed by atoms with Crippen molar-refractivity contribution in [3.05, 3.63) is 35.8 Å². The summed E-state index contributed by atoms with van der Waals surface area (Å²) in [6.45, 7) is 2.78. The molecule has 6 rings (SSSR count). The summed E-state index contributed by atoms with van der Waals surface area (Å²) in [5.41, 5.74) is 3.60. The van der Waals surface area contributed by atoms with Gasteiger partial charge in [-0.3, -0.25) is 9.78 Å². The fourth-order valence-electron chi connectivity index (χ4n) is 5.28. The van der Waals surface area contributed by atoms with E-state index in [-0.39, 0.29) is 24.5 Å². The molecule has 31 heavy (non-hydrogen) atoms. The molecular weight excluding hydrogens is 390 g/mol. The Morgan fingerprint density at radius 1 is 1.39 bits per heavy atom. The molecule has 1 N–H and O–H groups in total. The number of nitrogens with zero attached hydrogens (tertiary/aromatic N) is 4. The summed E-state index contributed by atoms with van der Waals surface area (Å²) in [4.78, 5) is 22.3. The molecule has 2 aliphatic carbocycles. The topological polar surface area (TPSA) is 92.8 Å². The van der Waals surface area contributed by atoms with Crippen molar-refractivity contribution < 1.29 is 9.53 Å². The maximum atomic E-state index is 12.9. The number of hydrogen-bond donors (Lipinski definition) is 1. The second-order valence-corrected chi connectivity index (χ2v) is 9.46. The molecule has 7 nitrogen and oxygen atoms in total. The van der Waals surface area contributed by atoms with Crippen molar-refractivity contribution >= 4 is 27.8 Å². The minimum atomic E-state index is 0.0421. The molecular formula is C24H25N5O2. The van der Waals surface area contributed by atoms with E-state index in [2.05, 4.69) is 27.9 Å². The number of carbonyl (C=O) groups is 1. The lowest BCUT2D eigenvalue weighted by Gasteiger charge is -2.30. The van der Waals surface area contributed by atoms with Crippen LogP contribution >= 0.6 is 0 Å². The lowest BCUT2D eigenvalue weighted by atomic mass is 10.0. The summed E-state index contributed by atoms with van der Waals surface area (Å²) in [5.74, 6) is 0.814. The van der Waals surface area contributed by atoms with Gasteiger partial charge in [0.25, 0.3) is 0 Å². The highest BCUT2D eigenvalue weighted by Gasteiger charge is 2.63. The molecule has 1 aromatic carbocycles. The van der Waals surface area contributed by atoms with Gasteiger partial charge in [0.1, 0.15) is 11.3 Å². The van der Waals surface area contributed by atoms with Gasteiger partial charge >= 0.3 is 0 Å².